The van der Waals surface area contributed by atoms with Crippen LogP contribution in [0.25, 0.3) is 23.0 Å². The third-order valence-corrected chi connectivity index (χ3v) is 5.89. The summed E-state index contributed by atoms with van der Waals surface area (Å²) in [5, 5.41) is 10.5. The van der Waals surface area contributed by atoms with Crippen LogP contribution in [0.5, 0.6) is 0 Å². The SMILES string of the molecule is O=C(/C=C/c1ccc(C(=O)NC2CC2)cc1)NCc1cn(-c2ccccc2)nc1-c1ccc(F)cc1. The number of carbonyl (C=O) groups excluding carboxylic acids is 2. The van der Waals surface area contributed by atoms with E-state index in [0.29, 0.717) is 17.3 Å². The van der Waals surface area contributed by atoms with E-state index in [1.165, 1.54) is 18.2 Å². The van der Waals surface area contributed by atoms with Crippen molar-refractivity contribution in [1.82, 2.24) is 20.4 Å². The van der Waals surface area contributed by atoms with E-state index in [4.69, 9.17) is 0 Å². The molecular formula is C29H25FN4O2. The number of nitrogens with zero attached hydrogens (tertiary/aromatic N) is 2. The smallest absolute Gasteiger partial charge is 0.251 e. The molecule has 0 unspecified atom stereocenters. The molecule has 0 spiro atoms. The van der Waals surface area contributed by atoms with Gasteiger partial charge in [-0.25, -0.2) is 9.07 Å². The Kier molecular flexibility index (Phi) is 6.71. The normalized spacial score (nSPS) is 13.0. The molecule has 1 aromatic heterocycles. The predicted molar refractivity (Wildman–Crippen MR) is 137 cm³/mol. The Morgan fingerprint density at radius 3 is 2.39 bits per heavy atom. The van der Waals surface area contributed by atoms with Gasteiger partial charge < -0.3 is 10.6 Å². The maximum absolute atomic E-state index is 13.5. The minimum Gasteiger partial charge on any atom is -0.349 e. The molecule has 0 radical (unpaired) electrons. The standard InChI is InChI=1S/C29H25FN4O2/c30-24-13-11-21(12-14-24)28-23(19-34(33-28)26-4-2-1-3-5-26)18-31-27(35)17-8-20-6-9-22(10-7-20)29(36)32-25-15-16-25/h1-14,17,19,25H,15-16,18H2,(H,31,35)(H,32,36)/b17-8+. The quantitative estimate of drug-likeness (QED) is 0.352. The Labute approximate surface area is 208 Å². The zero-order valence-electron chi connectivity index (χ0n) is 19.5. The molecule has 7 heteroatoms. The van der Waals surface area contributed by atoms with Gasteiger partial charge in [-0.3, -0.25) is 9.59 Å². The fourth-order valence-electron chi connectivity index (χ4n) is 3.76. The van der Waals surface area contributed by atoms with Gasteiger partial charge in [0.1, 0.15) is 5.82 Å². The van der Waals surface area contributed by atoms with Crippen LogP contribution in [0, 0.1) is 5.82 Å². The molecule has 1 aliphatic carbocycles. The molecule has 3 aromatic carbocycles. The van der Waals surface area contributed by atoms with E-state index < -0.39 is 0 Å². The van der Waals surface area contributed by atoms with E-state index in [9.17, 15) is 14.0 Å². The lowest BCUT2D eigenvalue weighted by Gasteiger charge is -2.04. The summed E-state index contributed by atoms with van der Waals surface area (Å²) in [5.74, 6) is -0.653. The molecule has 2 amide bonds. The topological polar surface area (TPSA) is 76.0 Å². The number of hydrogen-bond acceptors (Lipinski definition) is 3. The van der Waals surface area contributed by atoms with Crippen LogP contribution in [-0.4, -0.2) is 27.6 Å². The van der Waals surface area contributed by atoms with Crippen molar-refractivity contribution >= 4 is 17.9 Å². The zero-order chi connectivity index (χ0) is 24.9. The van der Waals surface area contributed by atoms with Gasteiger partial charge in [0.2, 0.25) is 5.91 Å². The molecule has 0 aliphatic heterocycles. The van der Waals surface area contributed by atoms with Gasteiger partial charge in [-0.2, -0.15) is 5.10 Å². The molecule has 6 nitrogen and oxygen atoms in total. The van der Waals surface area contributed by atoms with Crippen molar-refractivity contribution < 1.29 is 14.0 Å². The first-order valence-corrected chi connectivity index (χ1v) is 11.8. The Hall–Kier alpha value is -4.52. The van der Waals surface area contributed by atoms with Crippen molar-refractivity contribution in [3.8, 4) is 16.9 Å². The summed E-state index contributed by atoms with van der Waals surface area (Å²) < 4.78 is 15.2. The minimum absolute atomic E-state index is 0.0706. The highest BCUT2D eigenvalue weighted by molar-refractivity contribution is 5.95. The van der Waals surface area contributed by atoms with Crippen LogP contribution in [-0.2, 0) is 11.3 Å². The summed E-state index contributed by atoms with van der Waals surface area (Å²) in [7, 11) is 0. The molecule has 1 saturated carbocycles. The third-order valence-electron chi connectivity index (χ3n) is 5.89. The maximum atomic E-state index is 13.5. The maximum Gasteiger partial charge on any atom is 0.251 e. The van der Waals surface area contributed by atoms with Gasteiger partial charge in [0.05, 0.1) is 11.4 Å². The van der Waals surface area contributed by atoms with Crippen LogP contribution < -0.4 is 10.6 Å². The fraction of sp³-hybridized carbons (Fsp3) is 0.138. The second-order valence-electron chi connectivity index (χ2n) is 8.71. The molecule has 1 aliphatic rings. The van der Waals surface area contributed by atoms with E-state index in [1.807, 2.05) is 48.7 Å². The Morgan fingerprint density at radius 1 is 0.972 bits per heavy atom. The predicted octanol–water partition coefficient (Wildman–Crippen LogP) is 4.90. The Bertz CT molecular complexity index is 1390. The first-order chi connectivity index (χ1) is 17.5. The van der Waals surface area contributed by atoms with Crippen LogP contribution in [0.3, 0.4) is 0 Å². The number of nitrogens with one attached hydrogen (secondary N) is 2. The monoisotopic (exact) mass is 480 g/mol. The lowest BCUT2D eigenvalue weighted by molar-refractivity contribution is -0.116. The number of halogens is 1. The lowest BCUT2D eigenvalue weighted by Crippen LogP contribution is -2.25. The van der Waals surface area contributed by atoms with Crippen molar-refractivity contribution in [2.75, 3.05) is 0 Å². The molecule has 0 atom stereocenters. The fourth-order valence-corrected chi connectivity index (χ4v) is 3.76. The zero-order valence-corrected chi connectivity index (χ0v) is 19.5. The van der Waals surface area contributed by atoms with Crippen molar-refractivity contribution in [3.63, 3.8) is 0 Å². The number of aromatic nitrogens is 2. The third kappa shape index (κ3) is 5.75. The average molecular weight is 481 g/mol. The van der Waals surface area contributed by atoms with E-state index in [0.717, 1.165) is 35.2 Å². The van der Waals surface area contributed by atoms with Gasteiger partial charge in [0.15, 0.2) is 0 Å². The van der Waals surface area contributed by atoms with Crippen LogP contribution >= 0.6 is 0 Å². The van der Waals surface area contributed by atoms with Gasteiger partial charge in [-0.15, -0.1) is 0 Å². The Balaban J connectivity index is 1.26. The molecule has 2 N–H and O–H groups in total. The van der Waals surface area contributed by atoms with Gasteiger partial charge in [-0.1, -0.05) is 30.3 Å². The summed E-state index contributed by atoms with van der Waals surface area (Å²) in [5.41, 5.74) is 4.54. The Morgan fingerprint density at radius 2 is 1.69 bits per heavy atom. The van der Waals surface area contributed by atoms with E-state index >= 15 is 0 Å². The first-order valence-electron chi connectivity index (χ1n) is 11.8. The summed E-state index contributed by atoms with van der Waals surface area (Å²) in [4.78, 5) is 24.6. The highest BCUT2D eigenvalue weighted by atomic mass is 19.1. The summed E-state index contributed by atoms with van der Waals surface area (Å²) in [6.07, 6.45) is 7.11. The second-order valence-corrected chi connectivity index (χ2v) is 8.71. The molecule has 180 valence electrons. The minimum atomic E-state index is -0.321. The van der Waals surface area contributed by atoms with Crippen LogP contribution in [0.2, 0.25) is 0 Å². The summed E-state index contributed by atoms with van der Waals surface area (Å²) in [6, 6.07) is 23.2. The molecule has 36 heavy (non-hydrogen) atoms. The van der Waals surface area contributed by atoms with Crippen molar-refractivity contribution in [1.29, 1.82) is 0 Å². The number of carbonyl (C=O) groups is 2. The number of rotatable bonds is 8. The first kappa shape index (κ1) is 23.2. The van der Waals surface area contributed by atoms with Gasteiger partial charge in [-0.05, 0) is 73.0 Å². The summed E-state index contributed by atoms with van der Waals surface area (Å²) >= 11 is 0. The van der Waals surface area contributed by atoms with Gasteiger partial charge >= 0.3 is 0 Å². The van der Waals surface area contributed by atoms with E-state index in [-0.39, 0.29) is 24.2 Å². The van der Waals surface area contributed by atoms with Gasteiger partial charge in [0, 0.05) is 41.5 Å². The number of benzene rings is 3. The highest BCUT2D eigenvalue weighted by Crippen LogP contribution is 2.24. The number of hydrogen-bond donors (Lipinski definition) is 2. The highest BCUT2D eigenvalue weighted by Gasteiger charge is 2.23. The van der Waals surface area contributed by atoms with E-state index in [1.54, 1.807) is 35.0 Å². The van der Waals surface area contributed by atoms with Crippen LogP contribution in [0.15, 0.2) is 91.1 Å². The van der Waals surface area contributed by atoms with Crippen molar-refractivity contribution in [2.45, 2.75) is 25.4 Å². The molecule has 0 bridgehead atoms. The summed E-state index contributed by atoms with van der Waals surface area (Å²) in [6.45, 7) is 0.253. The molecule has 4 aromatic rings. The molecule has 5 rings (SSSR count). The lowest BCUT2D eigenvalue weighted by atomic mass is 10.1. The molecule has 1 heterocycles. The van der Waals surface area contributed by atoms with Gasteiger partial charge in [0.25, 0.3) is 5.91 Å². The molecule has 1 fully saturated rings. The van der Waals surface area contributed by atoms with Crippen LogP contribution in [0.1, 0.15) is 34.3 Å². The number of para-hydroxylation sites is 1. The van der Waals surface area contributed by atoms with Crippen LogP contribution in [0.4, 0.5) is 4.39 Å². The van der Waals surface area contributed by atoms with Crippen molar-refractivity contribution in [3.05, 3.63) is 114 Å². The molecular weight excluding hydrogens is 455 g/mol. The number of amides is 2. The van der Waals surface area contributed by atoms with E-state index in [2.05, 4.69) is 15.7 Å². The average Bonchev–Trinajstić information content (AvgIpc) is 3.62. The largest absolute Gasteiger partial charge is 0.349 e. The molecule has 0 saturated heterocycles. The van der Waals surface area contributed by atoms with Crippen molar-refractivity contribution in [2.24, 2.45) is 0 Å². The second kappa shape index (κ2) is 10.4.